The molecule has 0 aliphatic heterocycles. The van der Waals surface area contributed by atoms with Crippen LogP contribution >= 0.6 is 11.6 Å². The molecule has 20 heavy (non-hydrogen) atoms. The Hall–Kier alpha value is -2.27. The second-order valence-corrected chi connectivity index (χ2v) is 4.92. The minimum absolute atomic E-state index is 0.373. The molecule has 2 aromatic heterocycles. The molecule has 0 amide bonds. The summed E-state index contributed by atoms with van der Waals surface area (Å²) in [5.74, 6) is 1.15. The molecular formula is C14H13ClN4O. The highest BCUT2D eigenvalue weighted by Gasteiger charge is 2.13. The van der Waals surface area contributed by atoms with Crippen LogP contribution in [0.15, 0.2) is 30.7 Å². The fourth-order valence-electron chi connectivity index (χ4n) is 2.22. The molecule has 6 heteroatoms. The first-order valence-electron chi connectivity index (χ1n) is 6.03. The summed E-state index contributed by atoms with van der Waals surface area (Å²) in [6.45, 7) is 2.00. The van der Waals surface area contributed by atoms with Gasteiger partial charge in [-0.1, -0.05) is 11.6 Å². The zero-order valence-electron chi connectivity index (χ0n) is 11.1. The van der Waals surface area contributed by atoms with E-state index in [1.165, 1.54) is 6.33 Å². The van der Waals surface area contributed by atoms with Crippen molar-refractivity contribution < 1.29 is 4.74 Å². The van der Waals surface area contributed by atoms with Crippen LogP contribution in [0.5, 0.6) is 5.75 Å². The zero-order chi connectivity index (χ0) is 14.3. The van der Waals surface area contributed by atoms with Crippen molar-refractivity contribution in [3.63, 3.8) is 0 Å². The Balaban J connectivity index is 2.30. The number of aryl methyl sites for hydroxylation is 1. The van der Waals surface area contributed by atoms with Gasteiger partial charge >= 0.3 is 0 Å². The largest absolute Gasteiger partial charge is 0.497 e. The summed E-state index contributed by atoms with van der Waals surface area (Å²) < 4.78 is 7.18. The van der Waals surface area contributed by atoms with Crippen LogP contribution in [-0.4, -0.2) is 21.6 Å². The van der Waals surface area contributed by atoms with Gasteiger partial charge in [0.05, 0.1) is 23.2 Å². The quantitative estimate of drug-likeness (QED) is 0.787. The first-order valence-corrected chi connectivity index (χ1v) is 6.41. The average molecular weight is 289 g/mol. The Kier molecular flexibility index (Phi) is 2.99. The van der Waals surface area contributed by atoms with E-state index in [1.807, 2.05) is 29.7 Å². The minimum atomic E-state index is 0.373. The number of fused-ring (bicyclic) bond motifs is 1. The predicted octanol–water partition coefficient (Wildman–Crippen LogP) is 2.97. The van der Waals surface area contributed by atoms with Crippen LogP contribution in [0.1, 0.15) is 5.56 Å². The van der Waals surface area contributed by atoms with Crippen LogP contribution in [-0.2, 0) is 0 Å². The van der Waals surface area contributed by atoms with Crippen LogP contribution in [0.2, 0.25) is 5.02 Å². The van der Waals surface area contributed by atoms with E-state index in [2.05, 4.69) is 9.97 Å². The standard InChI is InChI=1S/C14H13ClN4O/c1-8-3-9(5-10(4-8)20-2)19-6-11(15)12-13(16)17-7-18-14(12)19/h3-7H,1-2H3,(H2,16,17,18). The van der Waals surface area contributed by atoms with Gasteiger partial charge in [0, 0.05) is 12.3 Å². The fourth-order valence-corrected chi connectivity index (χ4v) is 2.50. The van der Waals surface area contributed by atoms with E-state index in [4.69, 9.17) is 22.1 Å². The first-order chi connectivity index (χ1) is 9.60. The molecule has 0 unspecified atom stereocenters. The summed E-state index contributed by atoms with van der Waals surface area (Å²) in [5, 5.41) is 1.19. The Morgan fingerprint density at radius 1 is 1.25 bits per heavy atom. The molecule has 5 nitrogen and oxygen atoms in total. The first kappa shape index (κ1) is 12.7. The van der Waals surface area contributed by atoms with Crippen molar-refractivity contribution >= 4 is 28.5 Å². The van der Waals surface area contributed by atoms with E-state index in [-0.39, 0.29) is 0 Å². The Labute approximate surface area is 121 Å². The number of hydrogen-bond acceptors (Lipinski definition) is 4. The van der Waals surface area contributed by atoms with Crippen LogP contribution in [0.3, 0.4) is 0 Å². The number of rotatable bonds is 2. The molecule has 0 fully saturated rings. The number of nitrogens with two attached hydrogens (primary N) is 1. The number of methoxy groups -OCH3 is 1. The van der Waals surface area contributed by atoms with Gasteiger partial charge < -0.3 is 10.5 Å². The summed E-state index contributed by atoms with van der Waals surface area (Å²) in [5.41, 5.74) is 8.53. The van der Waals surface area contributed by atoms with Gasteiger partial charge in [-0.05, 0) is 24.6 Å². The molecule has 0 spiro atoms. The van der Waals surface area contributed by atoms with E-state index < -0.39 is 0 Å². The number of nitrogens with zero attached hydrogens (tertiary/aromatic N) is 3. The number of aromatic nitrogens is 3. The molecule has 0 bridgehead atoms. The third-order valence-corrected chi connectivity index (χ3v) is 3.40. The maximum absolute atomic E-state index is 6.23. The van der Waals surface area contributed by atoms with E-state index in [9.17, 15) is 0 Å². The third-order valence-electron chi connectivity index (χ3n) is 3.12. The average Bonchev–Trinajstić information content (AvgIpc) is 2.77. The molecule has 102 valence electrons. The van der Waals surface area contributed by atoms with Crippen LogP contribution in [0, 0.1) is 6.92 Å². The van der Waals surface area contributed by atoms with Gasteiger partial charge in [0.1, 0.15) is 17.9 Å². The van der Waals surface area contributed by atoms with Gasteiger partial charge in [-0.15, -0.1) is 0 Å². The molecule has 0 atom stereocenters. The lowest BCUT2D eigenvalue weighted by atomic mass is 10.2. The topological polar surface area (TPSA) is 66.0 Å². The maximum atomic E-state index is 6.23. The summed E-state index contributed by atoms with van der Waals surface area (Å²) >= 11 is 6.23. The van der Waals surface area contributed by atoms with E-state index >= 15 is 0 Å². The van der Waals surface area contributed by atoms with Crippen LogP contribution in [0.4, 0.5) is 5.82 Å². The Morgan fingerprint density at radius 3 is 2.80 bits per heavy atom. The number of halogens is 1. The SMILES string of the molecule is COc1cc(C)cc(-n2cc(Cl)c3c(N)ncnc32)c1. The summed E-state index contributed by atoms with van der Waals surface area (Å²) in [4.78, 5) is 8.24. The highest BCUT2D eigenvalue weighted by molar-refractivity contribution is 6.36. The second-order valence-electron chi connectivity index (χ2n) is 4.51. The third kappa shape index (κ3) is 1.96. The number of benzene rings is 1. The highest BCUT2D eigenvalue weighted by Crippen LogP contribution is 2.31. The van der Waals surface area contributed by atoms with Gasteiger partial charge in [-0.25, -0.2) is 9.97 Å². The van der Waals surface area contributed by atoms with Gasteiger partial charge in [0.25, 0.3) is 0 Å². The van der Waals surface area contributed by atoms with E-state index in [1.54, 1.807) is 13.3 Å². The van der Waals surface area contributed by atoms with Crippen LogP contribution in [0.25, 0.3) is 16.7 Å². The van der Waals surface area contributed by atoms with Gasteiger partial charge in [-0.3, -0.25) is 4.57 Å². The molecule has 3 aromatic rings. The van der Waals surface area contributed by atoms with Gasteiger partial charge in [-0.2, -0.15) is 0 Å². The van der Waals surface area contributed by atoms with Crippen molar-refractivity contribution in [3.05, 3.63) is 41.3 Å². The monoisotopic (exact) mass is 288 g/mol. The molecule has 0 radical (unpaired) electrons. The van der Waals surface area contributed by atoms with Crippen molar-refractivity contribution in [1.82, 2.24) is 14.5 Å². The van der Waals surface area contributed by atoms with Gasteiger partial charge in [0.15, 0.2) is 5.65 Å². The summed E-state index contributed by atoms with van der Waals surface area (Å²) in [6.07, 6.45) is 3.21. The molecule has 0 aliphatic carbocycles. The number of anilines is 1. The van der Waals surface area contributed by atoms with E-state index in [0.717, 1.165) is 17.0 Å². The number of hydrogen-bond donors (Lipinski definition) is 1. The number of nitrogen functional groups attached to an aromatic ring is 1. The summed E-state index contributed by atoms with van der Waals surface area (Å²) in [7, 11) is 1.64. The fraction of sp³-hybridized carbons (Fsp3) is 0.143. The molecule has 2 N–H and O–H groups in total. The summed E-state index contributed by atoms with van der Waals surface area (Å²) in [6, 6.07) is 5.90. The van der Waals surface area contributed by atoms with Crippen molar-refractivity contribution in [2.24, 2.45) is 0 Å². The van der Waals surface area contributed by atoms with Crippen molar-refractivity contribution in [1.29, 1.82) is 0 Å². The molecule has 3 rings (SSSR count). The lowest BCUT2D eigenvalue weighted by Crippen LogP contribution is -1.98. The molecule has 0 saturated carbocycles. The molecule has 1 aromatic carbocycles. The molecule has 2 heterocycles. The molecular weight excluding hydrogens is 276 g/mol. The predicted molar refractivity (Wildman–Crippen MR) is 79.6 cm³/mol. The maximum Gasteiger partial charge on any atom is 0.151 e. The smallest absolute Gasteiger partial charge is 0.151 e. The van der Waals surface area contributed by atoms with Gasteiger partial charge in [0.2, 0.25) is 0 Å². The normalized spacial score (nSPS) is 10.9. The lowest BCUT2D eigenvalue weighted by Gasteiger charge is -2.08. The zero-order valence-corrected chi connectivity index (χ0v) is 11.8. The Morgan fingerprint density at radius 2 is 2.05 bits per heavy atom. The number of ether oxygens (including phenoxy) is 1. The van der Waals surface area contributed by atoms with Crippen LogP contribution < -0.4 is 10.5 Å². The van der Waals surface area contributed by atoms with Crippen molar-refractivity contribution in [3.8, 4) is 11.4 Å². The van der Waals surface area contributed by atoms with Crippen molar-refractivity contribution in [2.45, 2.75) is 6.92 Å². The minimum Gasteiger partial charge on any atom is -0.497 e. The molecule has 0 saturated heterocycles. The highest BCUT2D eigenvalue weighted by atomic mass is 35.5. The van der Waals surface area contributed by atoms with E-state index in [0.29, 0.717) is 21.9 Å². The molecule has 0 aliphatic rings. The lowest BCUT2D eigenvalue weighted by molar-refractivity contribution is 0.414. The second kappa shape index (κ2) is 4.68. The Bertz CT molecular complexity index is 797. The van der Waals surface area contributed by atoms with Crippen molar-refractivity contribution in [2.75, 3.05) is 12.8 Å².